The van der Waals surface area contributed by atoms with Gasteiger partial charge in [0.15, 0.2) is 0 Å². The second-order valence-corrected chi connectivity index (χ2v) is 5.15. The molecule has 0 aliphatic rings. The van der Waals surface area contributed by atoms with E-state index in [1.165, 1.54) is 5.56 Å². The van der Waals surface area contributed by atoms with Gasteiger partial charge in [0, 0.05) is 12.7 Å². The maximum absolute atomic E-state index is 6.53. The quantitative estimate of drug-likeness (QED) is 0.856. The van der Waals surface area contributed by atoms with E-state index in [9.17, 15) is 0 Å². The van der Waals surface area contributed by atoms with Crippen LogP contribution in [0.5, 0.6) is 5.75 Å². The maximum Gasteiger partial charge on any atom is 0.124 e. The van der Waals surface area contributed by atoms with Gasteiger partial charge in [-0.1, -0.05) is 19.9 Å². The number of hydrogen-bond donors (Lipinski definition) is 1. The van der Waals surface area contributed by atoms with Crippen LogP contribution < -0.4 is 10.5 Å². The highest BCUT2D eigenvalue weighted by atomic mass is 16.5. The molecular weight excluding hydrogens is 238 g/mol. The number of aryl methyl sites for hydroxylation is 2. The van der Waals surface area contributed by atoms with E-state index < -0.39 is 0 Å². The zero-order valence-electron chi connectivity index (χ0n) is 13.0. The van der Waals surface area contributed by atoms with Crippen LogP contribution in [0.4, 0.5) is 0 Å². The minimum Gasteiger partial charge on any atom is -0.496 e. The van der Waals surface area contributed by atoms with Crippen molar-refractivity contribution in [3.8, 4) is 5.75 Å². The van der Waals surface area contributed by atoms with E-state index >= 15 is 0 Å². The Labute approximate surface area is 117 Å². The van der Waals surface area contributed by atoms with Crippen LogP contribution in [0.1, 0.15) is 49.4 Å². The Morgan fingerprint density at radius 2 is 1.74 bits per heavy atom. The lowest BCUT2D eigenvalue weighted by molar-refractivity contribution is -0.0391. The maximum atomic E-state index is 6.53. The molecule has 1 aromatic rings. The summed E-state index contributed by atoms with van der Waals surface area (Å²) in [6.45, 7) is 8.37. The highest BCUT2D eigenvalue weighted by Gasteiger charge is 2.36. The van der Waals surface area contributed by atoms with Crippen molar-refractivity contribution in [2.75, 3.05) is 14.2 Å². The molecule has 3 nitrogen and oxygen atoms in total. The minimum absolute atomic E-state index is 0.192. The third-order valence-electron chi connectivity index (χ3n) is 4.19. The van der Waals surface area contributed by atoms with Gasteiger partial charge in [-0.2, -0.15) is 0 Å². The Morgan fingerprint density at radius 1 is 1.16 bits per heavy atom. The fourth-order valence-electron chi connectivity index (χ4n) is 2.88. The minimum atomic E-state index is -0.340. The van der Waals surface area contributed by atoms with Crippen LogP contribution in [0.15, 0.2) is 12.1 Å². The molecule has 0 aliphatic carbocycles. The average molecular weight is 265 g/mol. The Hall–Kier alpha value is -1.06. The molecular formula is C16H27NO2. The third-order valence-corrected chi connectivity index (χ3v) is 4.19. The topological polar surface area (TPSA) is 44.5 Å². The van der Waals surface area contributed by atoms with Crippen LogP contribution in [0.3, 0.4) is 0 Å². The second-order valence-electron chi connectivity index (χ2n) is 5.15. The number of hydrogen-bond acceptors (Lipinski definition) is 3. The van der Waals surface area contributed by atoms with E-state index in [2.05, 4.69) is 33.8 Å². The van der Waals surface area contributed by atoms with E-state index in [1.807, 2.05) is 6.07 Å². The zero-order chi connectivity index (χ0) is 14.6. The molecule has 3 heteroatoms. The zero-order valence-corrected chi connectivity index (χ0v) is 13.0. The summed E-state index contributed by atoms with van der Waals surface area (Å²) in [5, 5.41) is 0. The first kappa shape index (κ1) is 16.0. The van der Waals surface area contributed by atoms with Gasteiger partial charge in [-0.15, -0.1) is 0 Å². The van der Waals surface area contributed by atoms with E-state index in [0.717, 1.165) is 29.7 Å². The van der Waals surface area contributed by atoms with Crippen LogP contribution in [0.25, 0.3) is 0 Å². The first-order valence-electron chi connectivity index (χ1n) is 6.91. The van der Waals surface area contributed by atoms with Gasteiger partial charge in [0.05, 0.1) is 18.8 Å². The molecule has 0 aliphatic heterocycles. The first-order valence-corrected chi connectivity index (χ1v) is 6.91. The molecule has 1 rings (SSSR count). The number of nitrogens with two attached hydrogens (primary N) is 1. The Kier molecular flexibility index (Phi) is 5.39. The summed E-state index contributed by atoms with van der Waals surface area (Å²) in [5.74, 6) is 0.855. The van der Waals surface area contributed by atoms with Crippen LogP contribution in [-0.2, 0) is 4.74 Å². The van der Waals surface area contributed by atoms with E-state index in [-0.39, 0.29) is 11.6 Å². The van der Waals surface area contributed by atoms with Gasteiger partial charge in [-0.25, -0.2) is 0 Å². The van der Waals surface area contributed by atoms with E-state index in [4.69, 9.17) is 15.2 Å². The lowest BCUT2D eigenvalue weighted by Crippen LogP contribution is -2.42. The van der Waals surface area contributed by atoms with Crippen molar-refractivity contribution in [2.24, 2.45) is 5.73 Å². The van der Waals surface area contributed by atoms with Crippen LogP contribution in [0.2, 0.25) is 0 Å². The molecule has 0 heterocycles. The molecule has 0 saturated heterocycles. The molecule has 0 saturated carbocycles. The number of methoxy groups -OCH3 is 2. The monoisotopic (exact) mass is 265 g/mol. The van der Waals surface area contributed by atoms with Crippen molar-refractivity contribution in [3.05, 3.63) is 28.8 Å². The predicted molar refractivity (Wildman–Crippen MR) is 79.7 cm³/mol. The second kappa shape index (κ2) is 6.40. The number of rotatable bonds is 6. The van der Waals surface area contributed by atoms with Crippen molar-refractivity contribution in [2.45, 2.75) is 52.2 Å². The summed E-state index contributed by atoms with van der Waals surface area (Å²) >= 11 is 0. The molecule has 0 radical (unpaired) electrons. The first-order chi connectivity index (χ1) is 8.95. The molecule has 1 aromatic carbocycles. The molecule has 2 N–H and O–H groups in total. The fourth-order valence-corrected chi connectivity index (χ4v) is 2.88. The molecule has 0 bridgehead atoms. The highest BCUT2D eigenvalue weighted by molar-refractivity contribution is 5.46. The standard InChI is InChI=1S/C16H27NO2/c1-7-16(8-2,19-6)15(17)14-12(4)9-11(3)10-13(14)18-5/h9-10,15H,7-8,17H2,1-6H3. The van der Waals surface area contributed by atoms with Gasteiger partial charge in [-0.05, 0) is 43.9 Å². The van der Waals surface area contributed by atoms with Crippen molar-refractivity contribution in [1.82, 2.24) is 0 Å². The van der Waals surface area contributed by atoms with E-state index in [0.29, 0.717) is 0 Å². The van der Waals surface area contributed by atoms with Crippen molar-refractivity contribution >= 4 is 0 Å². The van der Waals surface area contributed by atoms with Gasteiger partial charge in [0.25, 0.3) is 0 Å². The molecule has 0 fully saturated rings. The van der Waals surface area contributed by atoms with Crippen molar-refractivity contribution in [3.63, 3.8) is 0 Å². The molecule has 1 unspecified atom stereocenters. The largest absolute Gasteiger partial charge is 0.496 e. The predicted octanol–water partition coefficient (Wildman–Crippen LogP) is 3.52. The molecule has 0 amide bonds. The van der Waals surface area contributed by atoms with Crippen LogP contribution in [-0.4, -0.2) is 19.8 Å². The Balaban J connectivity index is 3.36. The average Bonchev–Trinajstić information content (AvgIpc) is 2.40. The lowest BCUT2D eigenvalue weighted by atomic mass is 9.82. The molecule has 0 spiro atoms. The van der Waals surface area contributed by atoms with Gasteiger partial charge < -0.3 is 15.2 Å². The van der Waals surface area contributed by atoms with Gasteiger partial charge in [0.2, 0.25) is 0 Å². The lowest BCUT2D eigenvalue weighted by Gasteiger charge is -2.37. The van der Waals surface area contributed by atoms with Crippen molar-refractivity contribution < 1.29 is 9.47 Å². The molecule has 19 heavy (non-hydrogen) atoms. The molecule has 108 valence electrons. The summed E-state index contributed by atoms with van der Waals surface area (Å²) in [4.78, 5) is 0. The summed E-state index contributed by atoms with van der Waals surface area (Å²) < 4.78 is 11.3. The molecule has 1 atom stereocenters. The Bertz CT molecular complexity index is 417. The van der Waals surface area contributed by atoms with Gasteiger partial charge in [-0.3, -0.25) is 0 Å². The highest BCUT2D eigenvalue weighted by Crippen LogP contribution is 2.39. The summed E-state index contributed by atoms with van der Waals surface area (Å²) in [6.07, 6.45) is 1.75. The van der Waals surface area contributed by atoms with Gasteiger partial charge >= 0.3 is 0 Å². The summed E-state index contributed by atoms with van der Waals surface area (Å²) in [6, 6.07) is 3.99. The Morgan fingerprint density at radius 3 is 2.16 bits per heavy atom. The molecule has 0 aromatic heterocycles. The van der Waals surface area contributed by atoms with Gasteiger partial charge in [0.1, 0.15) is 5.75 Å². The smallest absolute Gasteiger partial charge is 0.124 e. The van der Waals surface area contributed by atoms with Crippen LogP contribution >= 0.6 is 0 Å². The summed E-state index contributed by atoms with van der Waals surface area (Å²) in [5.41, 5.74) is 9.58. The number of ether oxygens (including phenoxy) is 2. The summed E-state index contributed by atoms with van der Waals surface area (Å²) in [7, 11) is 3.43. The third kappa shape index (κ3) is 2.93. The van der Waals surface area contributed by atoms with Crippen LogP contribution in [0, 0.1) is 13.8 Å². The fraction of sp³-hybridized carbons (Fsp3) is 0.625. The number of benzene rings is 1. The normalized spacial score (nSPS) is 13.4. The SMILES string of the molecule is CCC(CC)(OC)C(N)c1c(C)cc(C)cc1OC. The van der Waals surface area contributed by atoms with E-state index in [1.54, 1.807) is 14.2 Å². The van der Waals surface area contributed by atoms with Crippen molar-refractivity contribution in [1.29, 1.82) is 0 Å².